The summed E-state index contributed by atoms with van der Waals surface area (Å²) in [6.07, 6.45) is 4.83. The number of hydrogen-bond acceptors (Lipinski definition) is 2. The SMILES string of the molecule is Cc1cc(SC2CCC(N)CC2)ccc1Cl. The number of nitrogens with two attached hydrogens (primary N) is 1. The molecule has 1 aromatic rings. The van der Waals surface area contributed by atoms with Gasteiger partial charge in [0.15, 0.2) is 0 Å². The molecule has 1 saturated carbocycles. The van der Waals surface area contributed by atoms with Gasteiger partial charge in [-0.2, -0.15) is 0 Å². The molecule has 88 valence electrons. The fourth-order valence-corrected chi connectivity index (χ4v) is 3.49. The van der Waals surface area contributed by atoms with Gasteiger partial charge in [0.1, 0.15) is 0 Å². The van der Waals surface area contributed by atoms with E-state index in [9.17, 15) is 0 Å². The zero-order chi connectivity index (χ0) is 11.5. The highest BCUT2D eigenvalue weighted by Gasteiger charge is 2.19. The Bertz CT molecular complexity index is 359. The zero-order valence-electron chi connectivity index (χ0n) is 9.58. The van der Waals surface area contributed by atoms with Crippen molar-refractivity contribution in [1.29, 1.82) is 0 Å². The van der Waals surface area contributed by atoms with Gasteiger partial charge in [0.25, 0.3) is 0 Å². The van der Waals surface area contributed by atoms with Gasteiger partial charge in [0.2, 0.25) is 0 Å². The Balaban J connectivity index is 1.96. The third-order valence-corrected chi connectivity index (χ3v) is 4.91. The van der Waals surface area contributed by atoms with Crippen molar-refractivity contribution in [3.05, 3.63) is 28.8 Å². The van der Waals surface area contributed by atoms with Crippen molar-refractivity contribution in [2.24, 2.45) is 5.73 Å². The number of benzene rings is 1. The van der Waals surface area contributed by atoms with Gasteiger partial charge in [-0.25, -0.2) is 0 Å². The van der Waals surface area contributed by atoms with E-state index in [0.717, 1.165) is 10.3 Å². The van der Waals surface area contributed by atoms with Crippen molar-refractivity contribution < 1.29 is 0 Å². The quantitative estimate of drug-likeness (QED) is 0.864. The standard InChI is InChI=1S/C13H18ClNS/c1-9-8-12(6-7-13(9)14)16-11-4-2-10(15)3-5-11/h6-8,10-11H,2-5,15H2,1H3. The van der Waals surface area contributed by atoms with Crippen LogP contribution < -0.4 is 5.73 Å². The second-order valence-corrected chi connectivity index (χ2v) is 6.35. The second-order valence-electron chi connectivity index (χ2n) is 4.57. The molecule has 0 aliphatic heterocycles. The summed E-state index contributed by atoms with van der Waals surface area (Å²) in [5, 5.41) is 1.59. The van der Waals surface area contributed by atoms with Crippen LogP contribution in [-0.2, 0) is 0 Å². The van der Waals surface area contributed by atoms with Gasteiger partial charge < -0.3 is 5.73 Å². The second kappa shape index (κ2) is 5.44. The number of rotatable bonds is 2. The van der Waals surface area contributed by atoms with Crippen LogP contribution in [0.4, 0.5) is 0 Å². The third-order valence-electron chi connectivity index (χ3n) is 3.15. The minimum Gasteiger partial charge on any atom is -0.328 e. The van der Waals surface area contributed by atoms with Gasteiger partial charge >= 0.3 is 0 Å². The third kappa shape index (κ3) is 3.16. The minimum absolute atomic E-state index is 0.434. The molecule has 2 rings (SSSR count). The van der Waals surface area contributed by atoms with E-state index >= 15 is 0 Å². The lowest BCUT2D eigenvalue weighted by atomic mass is 9.96. The van der Waals surface area contributed by atoms with Crippen molar-refractivity contribution in [3.63, 3.8) is 0 Å². The van der Waals surface area contributed by atoms with Crippen molar-refractivity contribution >= 4 is 23.4 Å². The van der Waals surface area contributed by atoms with Gasteiger partial charge in [-0.15, -0.1) is 11.8 Å². The lowest BCUT2D eigenvalue weighted by Gasteiger charge is -2.25. The molecule has 1 nitrogen and oxygen atoms in total. The summed E-state index contributed by atoms with van der Waals surface area (Å²) in [7, 11) is 0. The molecule has 0 atom stereocenters. The maximum atomic E-state index is 6.02. The Morgan fingerprint density at radius 1 is 1.25 bits per heavy atom. The molecule has 0 unspecified atom stereocenters. The molecule has 0 radical (unpaired) electrons. The summed E-state index contributed by atoms with van der Waals surface area (Å²) in [6, 6.07) is 6.73. The number of hydrogen-bond donors (Lipinski definition) is 1. The minimum atomic E-state index is 0.434. The molecule has 2 N–H and O–H groups in total. The molecule has 0 aromatic heterocycles. The average Bonchev–Trinajstić information content (AvgIpc) is 2.27. The van der Waals surface area contributed by atoms with Crippen molar-refractivity contribution in [3.8, 4) is 0 Å². The fourth-order valence-electron chi connectivity index (χ4n) is 2.09. The van der Waals surface area contributed by atoms with Gasteiger partial charge in [0, 0.05) is 21.2 Å². The molecule has 1 aliphatic carbocycles. The average molecular weight is 256 g/mol. The van der Waals surface area contributed by atoms with Crippen LogP contribution >= 0.6 is 23.4 Å². The molecule has 0 bridgehead atoms. The first-order chi connectivity index (χ1) is 7.65. The van der Waals surface area contributed by atoms with Gasteiger partial charge in [-0.3, -0.25) is 0 Å². The van der Waals surface area contributed by atoms with Crippen molar-refractivity contribution in [2.45, 2.75) is 48.8 Å². The van der Waals surface area contributed by atoms with Crippen LogP contribution in [-0.4, -0.2) is 11.3 Å². The van der Waals surface area contributed by atoms with E-state index in [4.69, 9.17) is 17.3 Å². The van der Waals surface area contributed by atoms with Crippen molar-refractivity contribution in [1.82, 2.24) is 0 Å². The van der Waals surface area contributed by atoms with E-state index in [1.165, 1.54) is 36.1 Å². The molecular weight excluding hydrogens is 238 g/mol. The Hall–Kier alpha value is -0.180. The Labute approximate surface area is 107 Å². The highest BCUT2D eigenvalue weighted by Crippen LogP contribution is 2.34. The Morgan fingerprint density at radius 2 is 1.94 bits per heavy atom. The van der Waals surface area contributed by atoms with Crippen LogP contribution in [0.15, 0.2) is 23.1 Å². The Morgan fingerprint density at radius 3 is 2.56 bits per heavy atom. The largest absolute Gasteiger partial charge is 0.328 e. The van der Waals surface area contributed by atoms with E-state index in [0.29, 0.717) is 6.04 Å². The van der Waals surface area contributed by atoms with Crippen molar-refractivity contribution in [2.75, 3.05) is 0 Å². The first kappa shape index (κ1) is 12.3. The van der Waals surface area contributed by atoms with Gasteiger partial charge in [-0.1, -0.05) is 11.6 Å². The topological polar surface area (TPSA) is 26.0 Å². The number of aryl methyl sites for hydroxylation is 1. The summed E-state index contributed by atoms with van der Waals surface area (Å²) in [5.41, 5.74) is 7.07. The molecule has 16 heavy (non-hydrogen) atoms. The molecular formula is C13H18ClNS. The monoisotopic (exact) mass is 255 g/mol. The predicted octanol–water partition coefficient (Wildman–Crippen LogP) is 4.01. The molecule has 0 spiro atoms. The maximum absolute atomic E-state index is 6.02. The summed E-state index contributed by atoms with van der Waals surface area (Å²) >= 11 is 7.99. The zero-order valence-corrected chi connectivity index (χ0v) is 11.2. The first-order valence-electron chi connectivity index (χ1n) is 5.83. The summed E-state index contributed by atoms with van der Waals surface area (Å²) < 4.78 is 0. The predicted molar refractivity (Wildman–Crippen MR) is 72.3 cm³/mol. The van der Waals surface area contributed by atoms with E-state index in [1.807, 2.05) is 17.8 Å². The summed E-state index contributed by atoms with van der Waals surface area (Å²) in [4.78, 5) is 1.34. The fraction of sp³-hybridized carbons (Fsp3) is 0.538. The number of halogens is 1. The van der Waals surface area contributed by atoms with E-state index in [1.54, 1.807) is 0 Å². The summed E-state index contributed by atoms with van der Waals surface area (Å²) in [5.74, 6) is 0. The molecule has 3 heteroatoms. The highest BCUT2D eigenvalue weighted by atomic mass is 35.5. The maximum Gasteiger partial charge on any atom is 0.0435 e. The molecule has 1 aromatic carbocycles. The van der Waals surface area contributed by atoms with Crippen LogP contribution in [0, 0.1) is 6.92 Å². The van der Waals surface area contributed by atoms with Crippen LogP contribution in [0.2, 0.25) is 5.02 Å². The lowest BCUT2D eigenvalue weighted by Crippen LogP contribution is -2.27. The first-order valence-corrected chi connectivity index (χ1v) is 7.09. The van der Waals surface area contributed by atoms with E-state index < -0.39 is 0 Å². The molecule has 0 heterocycles. The van der Waals surface area contributed by atoms with E-state index in [2.05, 4.69) is 19.1 Å². The van der Waals surface area contributed by atoms with Crippen LogP contribution in [0.1, 0.15) is 31.2 Å². The normalized spacial score (nSPS) is 25.7. The molecule has 1 fully saturated rings. The van der Waals surface area contributed by atoms with Crippen LogP contribution in [0.3, 0.4) is 0 Å². The lowest BCUT2D eigenvalue weighted by molar-refractivity contribution is 0.451. The van der Waals surface area contributed by atoms with Crippen LogP contribution in [0.5, 0.6) is 0 Å². The number of thioether (sulfide) groups is 1. The molecule has 0 amide bonds. The highest BCUT2D eigenvalue weighted by molar-refractivity contribution is 8.00. The van der Waals surface area contributed by atoms with Gasteiger partial charge in [0.05, 0.1) is 0 Å². The Kier molecular flexibility index (Phi) is 4.17. The van der Waals surface area contributed by atoms with E-state index in [-0.39, 0.29) is 0 Å². The molecule has 0 saturated heterocycles. The van der Waals surface area contributed by atoms with Crippen LogP contribution in [0.25, 0.3) is 0 Å². The molecule has 1 aliphatic rings. The summed E-state index contributed by atoms with van der Waals surface area (Å²) in [6.45, 7) is 2.06. The smallest absolute Gasteiger partial charge is 0.0435 e. The van der Waals surface area contributed by atoms with Gasteiger partial charge in [-0.05, 0) is 56.4 Å².